The monoisotopic (exact) mass is 240 g/mol. The van der Waals surface area contributed by atoms with Crippen LogP contribution in [-0.4, -0.2) is 0 Å². The molecule has 2 bridgehead atoms. The van der Waals surface area contributed by atoms with Crippen molar-refractivity contribution in [2.75, 3.05) is 0 Å². The number of hydrogen-bond acceptors (Lipinski definition) is 0. The molecular formula is C19H12. The minimum atomic E-state index is 1.13. The molecule has 0 saturated carbocycles. The lowest BCUT2D eigenvalue weighted by Gasteiger charge is -2.06. The Kier molecular flexibility index (Phi) is 1.59. The number of benzene rings is 3. The van der Waals surface area contributed by atoms with Gasteiger partial charge in [-0.25, -0.2) is 0 Å². The third-order valence-corrected chi connectivity index (χ3v) is 4.46. The zero-order valence-corrected chi connectivity index (χ0v) is 10.5. The van der Waals surface area contributed by atoms with E-state index in [0.29, 0.717) is 0 Å². The van der Waals surface area contributed by atoms with Crippen molar-refractivity contribution in [3.05, 3.63) is 71.1 Å². The first-order valence-corrected chi connectivity index (χ1v) is 6.77. The lowest BCUT2D eigenvalue weighted by atomic mass is 9.98. The Morgan fingerprint density at radius 2 is 1.47 bits per heavy atom. The molecule has 0 amide bonds. The molecule has 0 heterocycles. The van der Waals surface area contributed by atoms with E-state index in [9.17, 15) is 0 Å². The van der Waals surface area contributed by atoms with E-state index in [1.54, 1.807) is 0 Å². The van der Waals surface area contributed by atoms with Crippen molar-refractivity contribution >= 4 is 32.7 Å². The van der Waals surface area contributed by atoms with Gasteiger partial charge in [-0.1, -0.05) is 60.7 Å². The summed E-state index contributed by atoms with van der Waals surface area (Å²) in [5.41, 5.74) is 2.98. The molecule has 0 N–H and O–H groups in total. The van der Waals surface area contributed by atoms with Crippen LogP contribution in [0.15, 0.2) is 60.7 Å². The minimum Gasteiger partial charge on any atom is -0.0616 e. The van der Waals surface area contributed by atoms with Crippen LogP contribution in [0.2, 0.25) is 0 Å². The normalized spacial score (nSPS) is 15.8. The first-order chi connectivity index (χ1) is 9.42. The molecule has 3 aromatic carbocycles. The average Bonchev–Trinajstić information content (AvgIpc) is 3.08. The standard InChI is InChI=1S/C19H12/c1-2-4-15-12(3-1)7-8-18-17(15)10-9-16-13-5-6-14(11-13)19(16)18/h1-10H,11H2. The number of hydrogen-bond donors (Lipinski definition) is 0. The van der Waals surface area contributed by atoms with Crippen LogP contribution in [0, 0.1) is 0 Å². The molecule has 3 aromatic rings. The number of rotatable bonds is 0. The minimum absolute atomic E-state index is 1.13. The molecule has 0 unspecified atom stereocenters. The van der Waals surface area contributed by atoms with Gasteiger partial charge in [0.05, 0.1) is 0 Å². The van der Waals surface area contributed by atoms with E-state index in [1.165, 1.54) is 43.1 Å². The molecule has 0 heteroatoms. The summed E-state index contributed by atoms with van der Waals surface area (Å²) in [6.07, 6.45) is 5.68. The quantitative estimate of drug-likeness (QED) is 0.529. The highest BCUT2D eigenvalue weighted by molar-refractivity contribution is 6.09. The first-order valence-electron chi connectivity index (χ1n) is 6.77. The molecular weight excluding hydrogens is 228 g/mol. The van der Waals surface area contributed by atoms with Gasteiger partial charge in [0.25, 0.3) is 0 Å². The number of fused-ring (bicyclic) bond motifs is 7. The maximum Gasteiger partial charge on any atom is -0.00132 e. The van der Waals surface area contributed by atoms with Gasteiger partial charge < -0.3 is 0 Å². The van der Waals surface area contributed by atoms with Gasteiger partial charge in [-0.2, -0.15) is 0 Å². The highest BCUT2D eigenvalue weighted by Gasteiger charge is 2.17. The molecule has 19 heavy (non-hydrogen) atoms. The van der Waals surface area contributed by atoms with Crippen LogP contribution < -0.4 is 10.4 Å². The predicted octanol–water partition coefficient (Wildman–Crippen LogP) is 3.27. The fraction of sp³-hybridized carbons (Fsp3) is 0.0526. The summed E-state index contributed by atoms with van der Waals surface area (Å²) in [5, 5.41) is 8.39. The zero-order chi connectivity index (χ0) is 12.4. The van der Waals surface area contributed by atoms with E-state index >= 15 is 0 Å². The fourth-order valence-corrected chi connectivity index (χ4v) is 3.58. The van der Waals surface area contributed by atoms with Crippen LogP contribution in [0.25, 0.3) is 32.7 Å². The van der Waals surface area contributed by atoms with E-state index in [4.69, 9.17) is 0 Å². The Morgan fingerprint density at radius 1 is 0.632 bits per heavy atom. The topological polar surface area (TPSA) is 0 Å². The van der Waals surface area contributed by atoms with Gasteiger partial charge in [0.1, 0.15) is 0 Å². The molecule has 0 aliphatic heterocycles. The summed E-state index contributed by atoms with van der Waals surface area (Å²) in [5.74, 6) is 0. The molecule has 5 rings (SSSR count). The molecule has 0 spiro atoms. The highest BCUT2D eigenvalue weighted by atomic mass is 14.2. The average molecular weight is 240 g/mol. The van der Waals surface area contributed by atoms with Crippen molar-refractivity contribution in [1.82, 2.24) is 0 Å². The first kappa shape index (κ1) is 9.57. The zero-order valence-electron chi connectivity index (χ0n) is 10.5. The SMILES string of the molecule is C1=CC2=c3c(ccc4c3ccc3ccccc34)=C1C2. The molecule has 0 atom stereocenters. The van der Waals surface area contributed by atoms with Gasteiger partial charge in [-0.15, -0.1) is 0 Å². The smallest absolute Gasteiger partial charge is 0.00132 e. The van der Waals surface area contributed by atoms with Crippen molar-refractivity contribution in [3.63, 3.8) is 0 Å². The van der Waals surface area contributed by atoms with Crippen molar-refractivity contribution < 1.29 is 0 Å². The summed E-state index contributed by atoms with van der Waals surface area (Å²) in [6, 6.07) is 17.8. The van der Waals surface area contributed by atoms with Crippen LogP contribution in [0.1, 0.15) is 6.42 Å². The van der Waals surface area contributed by atoms with Crippen molar-refractivity contribution in [1.29, 1.82) is 0 Å². The number of allylic oxidation sites excluding steroid dienone is 2. The van der Waals surface area contributed by atoms with Crippen molar-refractivity contribution in [2.45, 2.75) is 6.42 Å². The third kappa shape index (κ3) is 1.09. The Balaban J connectivity index is 2.14. The van der Waals surface area contributed by atoms with Gasteiger partial charge in [-0.3, -0.25) is 0 Å². The van der Waals surface area contributed by atoms with Crippen LogP contribution in [0.5, 0.6) is 0 Å². The van der Waals surface area contributed by atoms with Crippen molar-refractivity contribution in [2.24, 2.45) is 0 Å². The largest absolute Gasteiger partial charge is 0.0616 e. The lowest BCUT2D eigenvalue weighted by molar-refractivity contribution is 1.56. The van der Waals surface area contributed by atoms with Crippen molar-refractivity contribution in [3.8, 4) is 0 Å². The second-order valence-electron chi connectivity index (χ2n) is 5.43. The summed E-state index contributed by atoms with van der Waals surface area (Å²) in [6.45, 7) is 0. The van der Waals surface area contributed by atoms with Gasteiger partial charge >= 0.3 is 0 Å². The molecule has 0 aromatic heterocycles. The Morgan fingerprint density at radius 3 is 2.47 bits per heavy atom. The van der Waals surface area contributed by atoms with Gasteiger partial charge in [0, 0.05) is 0 Å². The Bertz CT molecular complexity index is 1020. The molecule has 0 radical (unpaired) electrons. The second kappa shape index (κ2) is 3.16. The van der Waals surface area contributed by atoms with Crippen LogP contribution in [-0.2, 0) is 0 Å². The molecule has 2 aliphatic carbocycles. The lowest BCUT2D eigenvalue weighted by Crippen LogP contribution is -2.25. The molecule has 0 saturated heterocycles. The predicted molar refractivity (Wildman–Crippen MR) is 81.3 cm³/mol. The molecule has 0 fully saturated rings. The fourth-order valence-electron chi connectivity index (χ4n) is 3.58. The van der Waals surface area contributed by atoms with Gasteiger partial charge in [-0.05, 0) is 49.5 Å². The van der Waals surface area contributed by atoms with E-state index < -0.39 is 0 Å². The van der Waals surface area contributed by atoms with Gasteiger partial charge in [0.15, 0.2) is 0 Å². The maximum atomic E-state index is 2.30. The van der Waals surface area contributed by atoms with Crippen LogP contribution in [0.3, 0.4) is 0 Å². The van der Waals surface area contributed by atoms with Crippen LogP contribution >= 0.6 is 0 Å². The van der Waals surface area contributed by atoms with Gasteiger partial charge in [0.2, 0.25) is 0 Å². The Hall–Kier alpha value is -2.34. The summed E-state index contributed by atoms with van der Waals surface area (Å²) in [7, 11) is 0. The summed E-state index contributed by atoms with van der Waals surface area (Å²) >= 11 is 0. The van der Waals surface area contributed by atoms with Crippen LogP contribution in [0.4, 0.5) is 0 Å². The van der Waals surface area contributed by atoms with E-state index in [0.717, 1.165) is 6.42 Å². The summed E-state index contributed by atoms with van der Waals surface area (Å²) < 4.78 is 0. The maximum absolute atomic E-state index is 2.30. The van der Waals surface area contributed by atoms with E-state index in [2.05, 4.69) is 60.7 Å². The molecule has 0 nitrogen and oxygen atoms in total. The van der Waals surface area contributed by atoms with E-state index in [-0.39, 0.29) is 0 Å². The molecule has 88 valence electrons. The van der Waals surface area contributed by atoms with E-state index in [1.807, 2.05) is 0 Å². The third-order valence-electron chi connectivity index (χ3n) is 4.46. The molecule has 2 aliphatic rings. The Labute approximate surface area is 111 Å². The second-order valence-corrected chi connectivity index (χ2v) is 5.43. The highest BCUT2D eigenvalue weighted by Crippen LogP contribution is 2.28. The summed E-state index contributed by atoms with van der Waals surface area (Å²) in [4.78, 5) is 0.